The zero-order chi connectivity index (χ0) is 11.3. The van der Waals surface area contributed by atoms with Crippen LogP contribution < -0.4 is 0 Å². The second-order valence-corrected chi connectivity index (χ2v) is 4.29. The highest BCUT2D eigenvalue weighted by Gasteiger charge is 2.20. The van der Waals surface area contributed by atoms with Crippen molar-refractivity contribution in [1.82, 2.24) is 4.98 Å². The number of aromatic nitrogens is 1. The summed E-state index contributed by atoms with van der Waals surface area (Å²) in [6.45, 7) is 0.118. The fourth-order valence-corrected chi connectivity index (χ4v) is 2.03. The van der Waals surface area contributed by atoms with Gasteiger partial charge in [0.25, 0.3) is 0 Å². The molecule has 1 N–H and O–H groups in total. The SMILES string of the molecule is COCC(Sc1ncccc1Cl)C(=O)O. The van der Waals surface area contributed by atoms with Crippen molar-refractivity contribution >= 4 is 29.3 Å². The second kappa shape index (κ2) is 5.95. The van der Waals surface area contributed by atoms with Crippen molar-refractivity contribution in [3.05, 3.63) is 23.4 Å². The van der Waals surface area contributed by atoms with Crippen LogP contribution in [0.25, 0.3) is 0 Å². The van der Waals surface area contributed by atoms with E-state index in [1.54, 1.807) is 18.3 Å². The third-order valence-corrected chi connectivity index (χ3v) is 3.16. The number of aliphatic carboxylic acids is 1. The number of thioether (sulfide) groups is 1. The van der Waals surface area contributed by atoms with E-state index in [0.29, 0.717) is 10.0 Å². The van der Waals surface area contributed by atoms with Gasteiger partial charge in [-0.25, -0.2) is 4.98 Å². The monoisotopic (exact) mass is 247 g/mol. The quantitative estimate of drug-likeness (QED) is 0.806. The lowest BCUT2D eigenvalue weighted by Gasteiger charge is -2.10. The zero-order valence-corrected chi connectivity index (χ0v) is 9.59. The molecule has 0 saturated heterocycles. The number of carboxylic acid groups (broad SMARTS) is 1. The average molecular weight is 248 g/mol. The summed E-state index contributed by atoms with van der Waals surface area (Å²) in [4.78, 5) is 14.8. The van der Waals surface area contributed by atoms with Crippen LogP contribution in [0.2, 0.25) is 5.02 Å². The molecule has 1 heterocycles. The van der Waals surface area contributed by atoms with Gasteiger partial charge >= 0.3 is 5.97 Å². The van der Waals surface area contributed by atoms with Gasteiger partial charge in [0.2, 0.25) is 0 Å². The minimum atomic E-state index is -0.941. The summed E-state index contributed by atoms with van der Waals surface area (Å²) in [5, 5.41) is 9.14. The molecule has 0 bridgehead atoms. The third-order valence-electron chi connectivity index (χ3n) is 1.57. The van der Waals surface area contributed by atoms with E-state index in [0.717, 1.165) is 11.8 Å². The van der Waals surface area contributed by atoms with E-state index in [2.05, 4.69) is 4.98 Å². The highest BCUT2D eigenvalue weighted by atomic mass is 35.5. The van der Waals surface area contributed by atoms with E-state index in [4.69, 9.17) is 21.4 Å². The Kier molecular flexibility index (Phi) is 4.87. The number of hydrogen-bond acceptors (Lipinski definition) is 4. The standard InChI is InChI=1S/C9H10ClNO3S/c1-14-5-7(9(12)13)15-8-6(10)3-2-4-11-8/h2-4,7H,5H2,1H3,(H,12,13). The smallest absolute Gasteiger partial charge is 0.319 e. The highest BCUT2D eigenvalue weighted by molar-refractivity contribution is 8.00. The van der Waals surface area contributed by atoms with Gasteiger partial charge in [-0.3, -0.25) is 4.79 Å². The van der Waals surface area contributed by atoms with Crippen molar-refractivity contribution in [3.63, 3.8) is 0 Å². The van der Waals surface area contributed by atoms with Gasteiger partial charge in [-0.15, -0.1) is 0 Å². The summed E-state index contributed by atoms with van der Waals surface area (Å²) >= 11 is 6.94. The van der Waals surface area contributed by atoms with Gasteiger partial charge in [0.15, 0.2) is 0 Å². The summed E-state index contributed by atoms with van der Waals surface area (Å²) in [6, 6.07) is 3.36. The van der Waals surface area contributed by atoms with Gasteiger partial charge < -0.3 is 9.84 Å². The zero-order valence-electron chi connectivity index (χ0n) is 8.01. The van der Waals surface area contributed by atoms with Gasteiger partial charge in [0.1, 0.15) is 10.3 Å². The molecule has 6 heteroatoms. The molecule has 1 aromatic heterocycles. The molecule has 0 aliphatic rings. The summed E-state index contributed by atoms with van der Waals surface area (Å²) in [6.07, 6.45) is 1.57. The van der Waals surface area contributed by atoms with Crippen molar-refractivity contribution in [2.75, 3.05) is 13.7 Å². The number of ether oxygens (including phenoxy) is 1. The fourth-order valence-electron chi connectivity index (χ4n) is 0.900. The lowest BCUT2D eigenvalue weighted by atomic mass is 10.4. The molecule has 0 fully saturated rings. The van der Waals surface area contributed by atoms with Crippen LogP contribution >= 0.6 is 23.4 Å². The first kappa shape index (κ1) is 12.3. The Morgan fingerprint density at radius 3 is 3.07 bits per heavy atom. The van der Waals surface area contributed by atoms with Gasteiger partial charge in [-0.2, -0.15) is 0 Å². The molecule has 0 amide bonds. The maximum atomic E-state index is 10.8. The van der Waals surface area contributed by atoms with Crippen molar-refractivity contribution in [3.8, 4) is 0 Å². The van der Waals surface area contributed by atoms with Gasteiger partial charge in [-0.1, -0.05) is 23.4 Å². The minimum Gasteiger partial charge on any atom is -0.480 e. The maximum Gasteiger partial charge on any atom is 0.319 e. The topological polar surface area (TPSA) is 59.4 Å². The molecule has 4 nitrogen and oxygen atoms in total. The van der Waals surface area contributed by atoms with E-state index in [-0.39, 0.29) is 6.61 Å². The van der Waals surface area contributed by atoms with E-state index in [1.807, 2.05) is 0 Å². The van der Waals surface area contributed by atoms with Crippen LogP contribution in [0.1, 0.15) is 0 Å². The Bertz CT molecular complexity index is 348. The number of carboxylic acids is 1. The summed E-state index contributed by atoms with van der Waals surface area (Å²) in [7, 11) is 1.45. The first-order valence-corrected chi connectivity index (χ1v) is 5.40. The lowest BCUT2D eigenvalue weighted by Crippen LogP contribution is -2.21. The Hall–Kier alpha value is -0.780. The molecular formula is C9H10ClNO3S. The predicted octanol–water partition coefficient (Wildman–Crippen LogP) is 1.93. The molecule has 0 aliphatic carbocycles. The number of pyridine rings is 1. The normalized spacial score (nSPS) is 12.4. The van der Waals surface area contributed by atoms with Crippen LogP contribution in [0.4, 0.5) is 0 Å². The third kappa shape index (κ3) is 3.70. The molecule has 0 aliphatic heterocycles. The fraction of sp³-hybridized carbons (Fsp3) is 0.333. The largest absolute Gasteiger partial charge is 0.480 e. The van der Waals surface area contributed by atoms with Crippen molar-refractivity contribution in [2.45, 2.75) is 10.3 Å². The maximum absolute atomic E-state index is 10.8. The number of halogens is 1. The van der Waals surface area contributed by atoms with Crippen LogP contribution in [0, 0.1) is 0 Å². The van der Waals surface area contributed by atoms with E-state index in [1.165, 1.54) is 7.11 Å². The van der Waals surface area contributed by atoms with Crippen molar-refractivity contribution < 1.29 is 14.6 Å². The Morgan fingerprint density at radius 2 is 2.53 bits per heavy atom. The molecule has 1 rings (SSSR count). The molecule has 1 atom stereocenters. The molecule has 82 valence electrons. The molecular weight excluding hydrogens is 238 g/mol. The molecule has 1 unspecified atom stereocenters. The van der Waals surface area contributed by atoms with Crippen molar-refractivity contribution in [1.29, 1.82) is 0 Å². The average Bonchev–Trinajstić information content (AvgIpc) is 2.20. The number of rotatable bonds is 5. The molecule has 1 aromatic rings. The number of nitrogens with zero attached hydrogens (tertiary/aromatic N) is 1. The molecule has 0 saturated carbocycles. The van der Waals surface area contributed by atoms with Gasteiger partial charge in [0, 0.05) is 13.3 Å². The van der Waals surface area contributed by atoms with Crippen molar-refractivity contribution in [2.24, 2.45) is 0 Å². The Morgan fingerprint density at radius 1 is 1.80 bits per heavy atom. The number of carbonyl (C=O) groups is 1. The second-order valence-electron chi connectivity index (χ2n) is 2.69. The number of hydrogen-bond donors (Lipinski definition) is 1. The molecule has 15 heavy (non-hydrogen) atoms. The Balaban J connectivity index is 2.74. The first-order chi connectivity index (χ1) is 7.15. The van der Waals surface area contributed by atoms with Gasteiger partial charge in [-0.05, 0) is 12.1 Å². The Labute approximate surface area is 96.6 Å². The minimum absolute atomic E-state index is 0.118. The van der Waals surface area contributed by atoms with E-state index >= 15 is 0 Å². The van der Waals surface area contributed by atoms with E-state index in [9.17, 15) is 4.79 Å². The molecule has 0 aromatic carbocycles. The first-order valence-electron chi connectivity index (χ1n) is 4.14. The summed E-state index contributed by atoms with van der Waals surface area (Å²) in [5.74, 6) is -0.941. The van der Waals surface area contributed by atoms with E-state index < -0.39 is 11.2 Å². The van der Waals surface area contributed by atoms with Crippen LogP contribution in [-0.2, 0) is 9.53 Å². The van der Waals surface area contributed by atoms with Crippen LogP contribution in [0.15, 0.2) is 23.4 Å². The lowest BCUT2D eigenvalue weighted by molar-refractivity contribution is -0.137. The van der Waals surface area contributed by atoms with Gasteiger partial charge in [0.05, 0.1) is 11.6 Å². The summed E-state index contributed by atoms with van der Waals surface area (Å²) in [5.41, 5.74) is 0. The highest BCUT2D eigenvalue weighted by Crippen LogP contribution is 2.28. The van der Waals surface area contributed by atoms with Crippen LogP contribution in [0.3, 0.4) is 0 Å². The van der Waals surface area contributed by atoms with Crippen LogP contribution in [0.5, 0.6) is 0 Å². The van der Waals surface area contributed by atoms with Crippen LogP contribution in [-0.4, -0.2) is 35.0 Å². The molecule has 0 radical (unpaired) electrons. The molecule has 0 spiro atoms. The number of methoxy groups -OCH3 is 1. The summed E-state index contributed by atoms with van der Waals surface area (Å²) < 4.78 is 4.80. The predicted molar refractivity (Wildman–Crippen MR) is 58.4 cm³/mol.